The number of halogens is 2. The summed E-state index contributed by atoms with van der Waals surface area (Å²) in [5, 5.41) is 6.08. The second-order valence-electron chi connectivity index (χ2n) is 14.3. The maximum Gasteiger partial charge on any atom is 0.325 e. The third-order valence-electron chi connectivity index (χ3n) is 7.95. The fraction of sp³-hybridized carbons (Fsp3) is 0.524. The molecule has 2 aromatic rings. The van der Waals surface area contributed by atoms with E-state index in [0.29, 0.717) is 41.7 Å². The number of thiocarbonyl (C=S) groups is 2. The van der Waals surface area contributed by atoms with Gasteiger partial charge in [-0.15, -0.1) is 0 Å². The number of hydrogen-bond donors (Lipinski definition) is 1. The number of anilines is 1. The van der Waals surface area contributed by atoms with Crippen molar-refractivity contribution in [2.75, 3.05) is 64.3 Å². The van der Waals surface area contributed by atoms with Crippen LogP contribution in [0, 0.1) is 13.1 Å². The monoisotopic (exact) mass is 1020 g/mol. The molecule has 1 fully saturated rings. The van der Waals surface area contributed by atoms with Crippen LogP contribution in [0.3, 0.4) is 0 Å². The molecule has 0 bridgehead atoms. The molecule has 0 saturated carbocycles. The van der Waals surface area contributed by atoms with E-state index in [-0.39, 0.29) is 81.9 Å². The van der Waals surface area contributed by atoms with Gasteiger partial charge in [0.05, 0.1) is 47.8 Å². The quantitative estimate of drug-likeness (QED) is 0.0396. The Balaban J connectivity index is -0.000000452. The maximum absolute atomic E-state index is 13.0. The average Bonchev–Trinajstić information content (AvgIpc) is 3.34. The van der Waals surface area contributed by atoms with E-state index in [4.69, 9.17) is 53.3 Å². The van der Waals surface area contributed by atoms with E-state index in [1.807, 2.05) is 0 Å². The van der Waals surface area contributed by atoms with Crippen LogP contribution in [0.15, 0.2) is 50.2 Å². The third kappa shape index (κ3) is 22.5. The lowest BCUT2D eigenvalue weighted by molar-refractivity contribution is -0.149. The second kappa shape index (κ2) is 30.6. The first kappa shape index (κ1) is 67.0. The van der Waals surface area contributed by atoms with E-state index in [2.05, 4.69) is 46.2 Å². The summed E-state index contributed by atoms with van der Waals surface area (Å²) in [7, 11) is -0.298. The molecule has 1 heterocycles. The third-order valence-corrected chi connectivity index (χ3v) is 11.5. The molecule has 0 atom stereocenters. The first-order valence-electron chi connectivity index (χ1n) is 18.2. The molecule has 0 unspecified atom stereocenters. The Kier molecular flexibility index (Phi) is 31.6. The molecule has 0 aromatic heterocycles. The molecule has 1 aliphatic rings. The summed E-state index contributed by atoms with van der Waals surface area (Å²) in [6, 6.07) is 9.52. The molecule has 364 valence electrons. The van der Waals surface area contributed by atoms with Gasteiger partial charge >= 0.3 is 5.97 Å². The molecule has 23 heteroatoms. The molecule has 0 spiro atoms. The Hall–Kier alpha value is -4.57. The molecular formula is C42H66Cl2N10O7S4. The summed E-state index contributed by atoms with van der Waals surface area (Å²) in [5.41, 5.74) is 0.0110. The molecule has 17 nitrogen and oxygen atoms in total. The van der Waals surface area contributed by atoms with Crippen LogP contribution < -0.4 is 10.2 Å². The predicted molar refractivity (Wildman–Crippen MR) is 278 cm³/mol. The van der Waals surface area contributed by atoms with Crippen molar-refractivity contribution in [2.24, 2.45) is 13.8 Å². The number of nitrogens with zero attached hydrogens (tertiary/aromatic N) is 9. The number of sulfonamides is 2. The molecule has 1 N–H and O–H groups in total. The molecule has 65 heavy (non-hydrogen) atoms. The van der Waals surface area contributed by atoms with Crippen molar-refractivity contribution in [3.05, 3.63) is 69.3 Å². The summed E-state index contributed by atoms with van der Waals surface area (Å²) in [4.78, 5) is 41.0. The van der Waals surface area contributed by atoms with Gasteiger partial charge in [0.15, 0.2) is 5.11 Å². The normalized spacial score (nSPS) is 12.8. The highest BCUT2D eigenvalue weighted by molar-refractivity contribution is 7.90. The molecule has 3 rings (SSSR count). The maximum atomic E-state index is 13.0. The SMILES string of the molecule is C.C.C.C.CCOC(=O)C(C)(C)NCCCS(=O)(=O)N=CN(C)C.[C-]#[N+]c1ccc(N2C(=O)C(C)(C)N(CCCS(=O)(=O)N=CN(C)C)C2=S)cc1Cl.[C-]#[N+]c1ccc(N=C=S)cc1Cl. The molecular weight excluding hydrogens is 956 g/mol. The largest absolute Gasteiger partial charge is 0.465 e. The Bertz CT molecular complexity index is 2310. The Labute approximate surface area is 409 Å². The zero-order valence-electron chi connectivity index (χ0n) is 35.3. The number of nitrogens with one attached hydrogen (secondary N) is 1. The van der Waals surface area contributed by atoms with Crippen LogP contribution in [-0.2, 0) is 34.4 Å². The van der Waals surface area contributed by atoms with E-state index >= 15 is 0 Å². The van der Waals surface area contributed by atoms with Crippen LogP contribution in [0.1, 0.15) is 77.2 Å². The standard InChI is InChI=1S/C18H22ClN5O3S2.C12H25N3O4S.C8H3ClN2S.4CH4/c1-18(2)16(25)24(13-7-8-15(20-3)14(19)11-13)17(28)23(18)9-6-10-29(26,27)21-12-22(4)5;1-6-19-11(16)12(2,3)13-8-7-9-20(17,18)14-10-15(4)5;1-10-8-3-2-6(11-5-12)4-7(8)9;;;;/h7-8,11-12H,6,9-10H2,1-2,4-5H3;10,13H,6-9H2,1-5H3;2-4H;4*1H4. The number of benzene rings is 2. The van der Waals surface area contributed by atoms with Crippen molar-refractivity contribution in [1.82, 2.24) is 20.0 Å². The van der Waals surface area contributed by atoms with Crippen LogP contribution >= 0.6 is 47.6 Å². The van der Waals surface area contributed by atoms with Crippen LogP contribution in [0.2, 0.25) is 10.0 Å². The van der Waals surface area contributed by atoms with Gasteiger partial charge in [-0.3, -0.25) is 14.5 Å². The van der Waals surface area contributed by atoms with Crippen molar-refractivity contribution in [2.45, 2.75) is 88.2 Å². The summed E-state index contributed by atoms with van der Waals surface area (Å²) in [6.07, 6.45) is 3.12. The first-order chi connectivity index (χ1) is 28.3. The lowest BCUT2D eigenvalue weighted by atomic mass is 10.0. The number of esters is 1. The molecule has 1 aliphatic heterocycles. The van der Waals surface area contributed by atoms with Crippen molar-refractivity contribution in [3.8, 4) is 0 Å². The lowest BCUT2D eigenvalue weighted by Gasteiger charge is -2.29. The van der Waals surface area contributed by atoms with Gasteiger partial charge in [-0.25, -0.2) is 26.5 Å². The second-order valence-corrected chi connectivity index (χ2v) is 19.2. The van der Waals surface area contributed by atoms with Crippen LogP contribution in [0.25, 0.3) is 9.69 Å². The number of carbonyl (C=O) groups is 2. The number of aliphatic imine (C=N–C) groups is 1. The van der Waals surface area contributed by atoms with Gasteiger partial charge in [0.1, 0.15) is 23.8 Å². The fourth-order valence-corrected chi connectivity index (χ4v) is 7.68. The minimum absolute atomic E-state index is 0. The Morgan fingerprint density at radius 3 is 1.82 bits per heavy atom. The van der Waals surface area contributed by atoms with Crippen molar-refractivity contribution in [3.63, 3.8) is 0 Å². The lowest BCUT2D eigenvalue weighted by Crippen LogP contribution is -2.48. The Morgan fingerprint density at radius 1 is 0.908 bits per heavy atom. The fourth-order valence-electron chi connectivity index (χ4n) is 4.75. The van der Waals surface area contributed by atoms with Gasteiger partial charge in [-0.05, 0) is 103 Å². The number of amides is 1. The zero-order chi connectivity index (χ0) is 46.8. The first-order valence-corrected chi connectivity index (χ1v) is 23.0. The Morgan fingerprint density at radius 2 is 1.38 bits per heavy atom. The number of carbonyl (C=O) groups excluding carboxylic acids is 2. The molecule has 0 radical (unpaired) electrons. The van der Waals surface area contributed by atoms with Gasteiger partial charge < -0.3 is 24.8 Å². The smallest absolute Gasteiger partial charge is 0.325 e. The van der Waals surface area contributed by atoms with Crippen LogP contribution in [-0.4, -0.2) is 137 Å². The minimum Gasteiger partial charge on any atom is -0.465 e. The van der Waals surface area contributed by atoms with Gasteiger partial charge in [-0.2, -0.15) is 13.8 Å². The van der Waals surface area contributed by atoms with E-state index in [9.17, 15) is 26.4 Å². The topological polar surface area (TPSA) is 182 Å². The highest BCUT2D eigenvalue weighted by atomic mass is 35.5. The summed E-state index contributed by atoms with van der Waals surface area (Å²) >= 11 is 21.8. The van der Waals surface area contributed by atoms with E-state index < -0.39 is 31.1 Å². The van der Waals surface area contributed by atoms with Crippen molar-refractivity contribution < 1.29 is 31.2 Å². The van der Waals surface area contributed by atoms with E-state index in [0.717, 1.165) is 0 Å². The van der Waals surface area contributed by atoms with Crippen LogP contribution in [0.5, 0.6) is 0 Å². The minimum atomic E-state index is -3.60. The summed E-state index contributed by atoms with van der Waals surface area (Å²) in [5.74, 6) is -0.828. The molecule has 0 aliphatic carbocycles. The van der Waals surface area contributed by atoms with Gasteiger partial charge in [0.25, 0.3) is 26.0 Å². The van der Waals surface area contributed by atoms with E-state index in [1.165, 1.54) is 34.6 Å². The zero-order valence-corrected chi connectivity index (χ0v) is 40.1. The molecule has 1 saturated heterocycles. The molecule has 1 amide bonds. The average molecular weight is 1020 g/mol. The predicted octanol–water partition coefficient (Wildman–Crippen LogP) is 9.31. The summed E-state index contributed by atoms with van der Waals surface area (Å²) in [6.45, 7) is 23.4. The summed E-state index contributed by atoms with van der Waals surface area (Å²) < 4.78 is 59.1. The van der Waals surface area contributed by atoms with Gasteiger partial charge in [-0.1, -0.05) is 65.0 Å². The molecule has 2 aromatic carbocycles. The number of rotatable bonds is 17. The number of hydrogen-bond acceptors (Lipinski definition) is 11. The number of ether oxygens (including phenoxy) is 1. The van der Waals surface area contributed by atoms with Gasteiger partial charge in [0, 0.05) is 44.8 Å². The van der Waals surface area contributed by atoms with Crippen molar-refractivity contribution >= 4 is 125 Å². The highest BCUT2D eigenvalue weighted by Crippen LogP contribution is 2.36. The van der Waals surface area contributed by atoms with Gasteiger partial charge in [0.2, 0.25) is 11.4 Å². The highest BCUT2D eigenvalue weighted by Gasteiger charge is 2.49. The van der Waals surface area contributed by atoms with Crippen molar-refractivity contribution in [1.29, 1.82) is 0 Å². The van der Waals surface area contributed by atoms with Crippen LogP contribution in [0.4, 0.5) is 22.7 Å². The van der Waals surface area contributed by atoms with E-state index in [1.54, 1.807) is 96.9 Å². The number of isothiocyanates is 1.